The molecular weight excluding hydrogens is 284 g/mol. The number of nitrogens with one attached hydrogen (secondary N) is 1. The number of amides is 1. The van der Waals surface area contributed by atoms with E-state index in [0.29, 0.717) is 11.1 Å². The van der Waals surface area contributed by atoms with Crippen LogP contribution in [0.15, 0.2) is 60.0 Å². The van der Waals surface area contributed by atoms with Crippen molar-refractivity contribution < 1.29 is 9.72 Å². The first-order valence-electron chi connectivity index (χ1n) is 6.32. The van der Waals surface area contributed by atoms with Crippen LogP contribution in [0, 0.1) is 10.1 Å². The van der Waals surface area contributed by atoms with Crippen molar-refractivity contribution in [2.45, 2.75) is 0 Å². The molecule has 0 unspecified atom stereocenters. The minimum absolute atomic E-state index is 0.00606. The van der Waals surface area contributed by atoms with Crippen molar-refractivity contribution in [1.82, 2.24) is 10.4 Å². The summed E-state index contributed by atoms with van der Waals surface area (Å²) in [5.41, 5.74) is 3.18. The van der Waals surface area contributed by atoms with Gasteiger partial charge in [0.05, 0.1) is 16.1 Å². The Kier molecular flexibility index (Phi) is 5.09. The number of carbonyl (C=O) groups is 1. The average Bonchev–Trinajstić information content (AvgIpc) is 2.55. The molecule has 110 valence electrons. The van der Waals surface area contributed by atoms with Crippen LogP contribution in [0.4, 0.5) is 5.69 Å². The van der Waals surface area contributed by atoms with Crippen LogP contribution < -0.4 is 5.43 Å². The molecular formula is C15H12N4O3. The van der Waals surface area contributed by atoms with Crippen LogP contribution in [-0.4, -0.2) is 22.0 Å². The van der Waals surface area contributed by atoms with Crippen LogP contribution in [0.3, 0.4) is 0 Å². The van der Waals surface area contributed by atoms with Crippen molar-refractivity contribution in [2.24, 2.45) is 5.10 Å². The molecule has 2 rings (SSSR count). The predicted octanol–water partition coefficient (Wildman–Crippen LogP) is 2.42. The number of hydrogen-bond donors (Lipinski definition) is 1. The summed E-state index contributed by atoms with van der Waals surface area (Å²) in [7, 11) is 0. The number of rotatable bonds is 5. The molecule has 1 heterocycles. The van der Waals surface area contributed by atoms with Crippen molar-refractivity contribution in [3.05, 3.63) is 76.1 Å². The standard InChI is InChI=1S/C15H12N4O3/c20-15(13-7-3-9-16-11-13)18-17-10-4-6-12-5-1-2-8-14(12)19(21)22/h1-11H,(H,18,20)/b6-4+,17-10+. The smallest absolute Gasteiger partial charge is 0.267 e. The second kappa shape index (κ2) is 7.44. The third-order valence-corrected chi connectivity index (χ3v) is 2.66. The van der Waals surface area contributed by atoms with Crippen molar-refractivity contribution in [1.29, 1.82) is 0 Å². The molecule has 0 fully saturated rings. The molecule has 0 aliphatic rings. The Balaban J connectivity index is 1.96. The van der Waals surface area contributed by atoms with E-state index in [1.807, 2.05) is 0 Å². The molecule has 0 saturated carbocycles. The number of hydrogen-bond acceptors (Lipinski definition) is 5. The zero-order chi connectivity index (χ0) is 15.8. The average molecular weight is 296 g/mol. The van der Waals surface area contributed by atoms with Gasteiger partial charge in [-0.3, -0.25) is 19.9 Å². The Bertz CT molecular complexity index is 727. The van der Waals surface area contributed by atoms with E-state index in [9.17, 15) is 14.9 Å². The lowest BCUT2D eigenvalue weighted by molar-refractivity contribution is -0.385. The number of carbonyl (C=O) groups excluding carboxylic acids is 1. The van der Waals surface area contributed by atoms with Crippen LogP contribution in [0.1, 0.15) is 15.9 Å². The SMILES string of the molecule is O=C(N/N=C/C=C/c1ccccc1[N+](=O)[O-])c1cccnc1. The summed E-state index contributed by atoms with van der Waals surface area (Å²) in [6.45, 7) is 0. The third kappa shape index (κ3) is 4.07. The monoisotopic (exact) mass is 296 g/mol. The van der Waals surface area contributed by atoms with Crippen molar-refractivity contribution in [3.8, 4) is 0 Å². The number of hydrazone groups is 1. The van der Waals surface area contributed by atoms with Crippen LogP contribution in [0.5, 0.6) is 0 Å². The summed E-state index contributed by atoms with van der Waals surface area (Å²) >= 11 is 0. The van der Waals surface area contributed by atoms with Crippen molar-refractivity contribution in [3.63, 3.8) is 0 Å². The lowest BCUT2D eigenvalue weighted by atomic mass is 10.2. The maximum atomic E-state index is 11.6. The Labute approximate surface area is 126 Å². The molecule has 0 spiro atoms. The molecule has 7 heteroatoms. The minimum Gasteiger partial charge on any atom is -0.267 e. The van der Waals surface area contributed by atoms with Gasteiger partial charge in [-0.15, -0.1) is 0 Å². The summed E-state index contributed by atoms with van der Waals surface area (Å²) in [6.07, 6.45) is 7.37. The highest BCUT2D eigenvalue weighted by Crippen LogP contribution is 2.18. The second-order valence-electron chi connectivity index (χ2n) is 4.14. The largest absolute Gasteiger partial charge is 0.276 e. The van der Waals surface area contributed by atoms with E-state index in [1.54, 1.807) is 36.5 Å². The summed E-state index contributed by atoms with van der Waals surface area (Å²) in [6, 6.07) is 9.59. The Morgan fingerprint density at radius 3 is 2.82 bits per heavy atom. The first-order valence-corrected chi connectivity index (χ1v) is 6.32. The number of para-hydroxylation sites is 1. The Morgan fingerprint density at radius 1 is 1.27 bits per heavy atom. The molecule has 1 aromatic heterocycles. The van der Waals surface area contributed by atoms with Gasteiger partial charge < -0.3 is 0 Å². The van der Waals surface area contributed by atoms with Crippen LogP contribution >= 0.6 is 0 Å². The van der Waals surface area contributed by atoms with E-state index < -0.39 is 4.92 Å². The number of allylic oxidation sites excluding steroid dienone is 1. The molecule has 1 amide bonds. The first-order chi connectivity index (χ1) is 10.7. The first kappa shape index (κ1) is 15.0. The summed E-state index contributed by atoms with van der Waals surface area (Å²) in [5.74, 6) is -0.386. The third-order valence-electron chi connectivity index (χ3n) is 2.66. The molecule has 1 aromatic carbocycles. The van der Waals surface area contributed by atoms with Gasteiger partial charge in [-0.05, 0) is 30.4 Å². The van der Waals surface area contributed by atoms with Gasteiger partial charge >= 0.3 is 0 Å². The van der Waals surface area contributed by atoms with Gasteiger partial charge in [0.15, 0.2) is 0 Å². The van der Waals surface area contributed by atoms with Crippen LogP contribution in [0.2, 0.25) is 0 Å². The van der Waals surface area contributed by atoms with Crippen LogP contribution in [-0.2, 0) is 0 Å². The van der Waals surface area contributed by atoms with E-state index >= 15 is 0 Å². The number of aromatic nitrogens is 1. The molecule has 0 aliphatic carbocycles. The quantitative estimate of drug-likeness (QED) is 0.520. The van der Waals surface area contributed by atoms with Crippen molar-refractivity contribution in [2.75, 3.05) is 0 Å². The zero-order valence-corrected chi connectivity index (χ0v) is 11.4. The molecule has 0 bridgehead atoms. The molecule has 0 atom stereocenters. The number of nitro benzene ring substituents is 1. The fourth-order valence-electron chi connectivity index (χ4n) is 1.64. The maximum Gasteiger partial charge on any atom is 0.276 e. The summed E-state index contributed by atoms with van der Waals surface area (Å²) < 4.78 is 0. The Morgan fingerprint density at radius 2 is 2.09 bits per heavy atom. The topological polar surface area (TPSA) is 97.5 Å². The predicted molar refractivity (Wildman–Crippen MR) is 82.3 cm³/mol. The fourth-order valence-corrected chi connectivity index (χ4v) is 1.64. The number of nitrogens with zero attached hydrogens (tertiary/aromatic N) is 3. The maximum absolute atomic E-state index is 11.6. The normalized spacial score (nSPS) is 10.9. The van der Waals surface area contributed by atoms with Gasteiger partial charge in [0.1, 0.15) is 0 Å². The van der Waals surface area contributed by atoms with Gasteiger partial charge in [-0.1, -0.05) is 12.1 Å². The summed E-state index contributed by atoms with van der Waals surface area (Å²) in [5, 5.41) is 14.6. The minimum atomic E-state index is -0.457. The molecule has 0 radical (unpaired) electrons. The van der Waals surface area contributed by atoms with Crippen molar-refractivity contribution >= 4 is 23.9 Å². The van der Waals surface area contributed by atoms with Gasteiger partial charge in [-0.2, -0.15) is 5.10 Å². The van der Waals surface area contributed by atoms with E-state index in [2.05, 4.69) is 15.5 Å². The molecule has 22 heavy (non-hydrogen) atoms. The van der Waals surface area contributed by atoms with E-state index in [4.69, 9.17) is 0 Å². The number of nitro groups is 1. The van der Waals surface area contributed by atoms with E-state index in [0.717, 1.165) is 0 Å². The van der Waals surface area contributed by atoms with Crippen LogP contribution in [0.25, 0.3) is 6.08 Å². The second-order valence-corrected chi connectivity index (χ2v) is 4.14. The number of pyridine rings is 1. The lowest BCUT2D eigenvalue weighted by Gasteiger charge is -1.97. The van der Waals surface area contributed by atoms with Gasteiger partial charge in [-0.25, -0.2) is 5.43 Å². The molecule has 0 aliphatic heterocycles. The lowest BCUT2D eigenvalue weighted by Crippen LogP contribution is -2.17. The van der Waals surface area contributed by atoms with Gasteiger partial charge in [0.2, 0.25) is 0 Å². The zero-order valence-electron chi connectivity index (χ0n) is 11.4. The van der Waals surface area contributed by atoms with E-state index in [-0.39, 0.29) is 11.6 Å². The van der Waals surface area contributed by atoms with E-state index in [1.165, 1.54) is 30.6 Å². The Hall–Kier alpha value is -3.35. The van der Waals surface area contributed by atoms with Gasteiger partial charge in [0, 0.05) is 24.7 Å². The van der Waals surface area contributed by atoms with Gasteiger partial charge in [0.25, 0.3) is 11.6 Å². The molecule has 2 aromatic rings. The molecule has 7 nitrogen and oxygen atoms in total. The number of benzene rings is 1. The molecule has 1 N–H and O–H groups in total. The highest BCUT2D eigenvalue weighted by molar-refractivity contribution is 5.94. The summed E-state index contributed by atoms with van der Waals surface area (Å²) in [4.78, 5) is 25.8. The fraction of sp³-hybridized carbons (Fsp3) is 0. The highest BCUT2D eigenvalue weighted by Gasteiger charge is 2.08. The highest BCUT2D eigenvalue weighted by atomic mass is 16.6. The molecule has 0 saturated heterocycles.